The predicted octanol–water partition coefficient (Wildman–Crippen LogP) is 0.211. The van der Waals surface area contributed by atoms with Crippen LogP contribution in [0.25, 0.3) is 0 Å². The van der Waals surface area contributed by atoms with E-state index < -0.39 is 12.1 Å². The number of hydrazine groups is 1. The van der Waals surface area contributed by atoms with Gasteiger partial charge in [0.2, 0.25) is 6.41 Å². The largest absolute Gasteiger partial charge is 0.334 e. The highest BCUT2D eigenvalue weighted by Gasteiger charge is 2.12. The quantitative estimate of drug-likeness (QED) is 0.498. The monoisotopic (exact) mass is 218 g/mol. The molecule has 0 radical (unpaired) electrons. The second kappa shape index (κ2) is 6.03. The molecule has 1 atom stereocenters. The fraction of sp³-hybridized carbons (Fsp3) is 0.100. The number of carbonyl (C=O) groups excluding carboxylic acids is 2. The Hall–Kier alpha value is -2.55. The van der Waals surface area contributed by atoms with Crippen molar-refractivity contribution in [2.45, 2.75) is 6.04 Å². The van der Waals surface area contributed by atoms with Crippen molar-refractivity contribution in [3.05, 3.63) is 35.9 Å². The van der Waals surface area contributed by atoms with Crippen LogP contribution in [-0.4, -0.2) is 12.4 Å². The molecule has 0 saturated carbocycles. The number of hydrogen-bond acceptors (Lipinski definition) is 3. The van der Waals surface area contributed by atoms with E-state index in [4.69, 9.17) is 5.26 Å². The Bertz CT molecular complexity index is 399. The summed E-state index contributed by atoms with van der Waals surface area (Å²) in [6, 6.07) is 9.32. The maximum atomic E-state index is 11.1. The van der Waals surface area contributed by atoms with E-state index in [-0.39, 0.29) is 0 Å². The summed E-state index contributed by atoms with van der Waals surface area (Å²) in [6.45, 7) is 0. The first kappa shape index (κ1) is 11.5. The molecule has 3 amide bonds. The van der Waals surface area contributed by atoms with Gasteiger partial charge in [-0.05, 0) is 5.56 Å². The van der Waals surface area contributed by atoms with E-state index in [0.717, 1.165) is 0 Å². The molecule has 6 heteroatoms. The molecule has 16 heavy (non-hydrogen) atoms. The summed E-state index contributed by atoms with van der Waals surface area (Å²) in [5.74, 6) is 0. The van der Waals surface area contributed by atoms with Gasteiger partial charge >= 0.3 is 6.03 Å². The average molecular weight is 218 g/mol. The van der Waals surface area contributed by atoms with Gasteiger partial charge in [0.25, 0.3) is 0 Å². The van der Waals surface area contributed by atoms with Crippen LogP contribution in [0, 0.1) is 11.3 Å². The number of carbonyl (C=O) groups is 2. The summed E-state index contributed by atoms with van der Waals surface area (Å²) >= 11 is 0. The van der Waals surface area contributed by atoms with Crippen molar-refractivity contribution in [2.75, 3.05) is 0 Å². The Morgan fingerprint density at radius 1 is 1.38 bits per heavy atom. The number of benzene rings is 1. The van der Waals surface area contributed by atoms with Crippen LogP contribution in [0.5, 0.6) is 0 Å². The molecule has 0 aliphatic heterocycles. The first-order valence-electron chi connectivity index (χ1n) is 4.48. The van der Waals surface area contributed by atoms with Gasteiger partial charge in [0.05, 0.1) is 6.07 Å². The maximum Gasteiger partial charge on any atom is 0.334 e. The summed E-state index contributed by atoms with van der Waals surface area (Å²) < 4.78 is 0. The fourth-order valence-corrected chi connectivity index (χ4v) is 1.10. The minimum atomic E-state index is -0.755. The maximum absolute atomic E-state index is 11.1. The summed E-state index contributed by atoms with van der Waals surface area (Å²) in [6.07, 6.45) is 0.323. The average Bonchev–Trinajstić information content (AvgIpc) is 2.34. The highest BCUT2D eigenvalue weighted by atomic mass is 16.2. The standard InChI is InChI=1S/C10H10N4O2/c11-6-9(8-4-2-1-3-5-8)13-10(16)14-12-7-15/h1-5,7,9H,(H,12,15)(H2,13,14,16). The Balaban J connectivity index is 2.60. The number of nitriles is 1. The molecular formula is C10H10N4O2. The van der Waals surface area contributed by atoms with Crippen LogP contribution in [0.3, 0.4) is 0 Å². The number of urea groups is 1. The number of hydrogen-bond donors (Lipinski definition) is 3. The van der Waals surface area contributed by atoms with Gasteiger partial charge in [-0.25, -0.2) is 10.2 Å². The second-order valence-electron chi connectivity index (χ2n) is 2.83. The highest BCUT2D eigenvalue weighted by molar-refractivity contribution is 5.75. The van der Waals surface area contributed by atoms with Gasteiger partial charge in [-0.3, -0.25) is 10.2 Å². The normalized spacial score (nSPS) is 10.7. The van der Waals surface area contributed by atoms with Crippen molar-refractivity contribution in [3.8, 4) is 6.07 Å². The smallest absolute Gasteiger partial charge is 0.317 e. The van der Waals surface area contributed by atoms with Crippen molar-refractivity contribution < 1.29 is 9.59 Å². The number of rotatable bonds is 4. The molecule has 3 N–H and O–H groups in total. The SMILES string of the molecule is N#CC(NC(=O)NNC=O)c1ccccc1. The molecule has 0 aliphatic carbocycles. The van der Waals surface area contributed by atoms with Crippen LogP contribution >= 0.6 is 0 Å². The summed E-state index contributed by atoms with van der Waals surface area (Å²) in [4.78, 5) is 21.1. The van der Waals surface area contributed by atoms with Crippen molar-refractivity contribution in [1.82, 2.24) is 16.2 Å². The third kappa shape index (κ3) is 3.31. The zero-order valence-corrected chi connectivity index (χ0v) is 8.31. The Kier molecular flexibility index (Phi) is 4.34. The van der Waals surface area contributed by atoms with Crippen molar-refractivity contribution in [2.24, 2.45) is 0 Å². The third-order valence-electron chi connectivity index (χ3n) is 1.78. The lowest BCUT2D eigenvalue weighted by molar-refractivity contribution is -0.110. The van der Waals surface area contributed by atoms with Crippen LogP contribution in [0.15, 0.2) is 30.3 Å². The van der Waals surface area contributed by atoms with Crippen molar-refractivity contribution >= 4 is 12.4 Å². The third-order valence-corrected chi connectivity index (χ3v) is 1.78. The van der Waals surface area contributed by atoms with E-state index in [9.17, 15) is 9.59 Å². The Labute approximate surface area is 92.2 Å². The number of amides is 3. The van der Waals surface area contributed by atoms with E-state index in [1.807, 2.05) is 23.0 Å². The number of nitrogens with zero attached hydrogens (tertiary/aromatic N) is 1. The van der Waals surface area contributed by atoms with E-state index >= 15 is 0 Å². The van der Waals surface area contributed by atoms with Crippen molar-refractivity contribution in [3.63, 3.8) is 0 Å². The molecule has 0 heterocycles. The molecule has 0 aromatic heterocycles. The fourth-order valence-electron chi connectivity index (χ4n) is 1.10. The molecule has 1 aromatic rings. The Morgan fingerprint density at radius 2 is 2.06 bits per heavy atom. The van der Waals surface area contributed by atoms with Crippen molar-refractivity contribution in [1.29, 1.82) is 5.26 Å². The molecule has 0 bridgehead atoms. The molecule has 1 rings (SSSR count). The van der Waals surface area contributed by atoms with Crippen LogP contribution in [0.2, 0.25) is 0 Å². The lowest BCUT2D eigenvalue weighted by Gasteiger charge is -2.11. The summed E-state index contributed by atoms with van der Waals surface area (Å²) in [5, 5.41) is 11.3. The van der Waals surface area contributed by atoms with Crippen LogP contribution in [0.1, 0.15) is 11.6 Å². The van der Waals surface area contributed by atoms with Gasteiger partial charge in [-0.1, -0.05) is 30.3 Å². The lowest BCUT2D eigenvalue weighted by atomic mass is 10.1. The molecule has 0 spiro atoms. The van der Waals surface area contributed by atoms with E-state index in [1.54, 1.807) is 24.3 Å². The van der Waals surface area contributed by atoms with Gasteiger partial charge in [-0.2, -0.15) is 5.26 Å². The molecule has 0 saturated heterocycles. The van der Waals surface area contributed by atoms with Gasteiger partial charge in [-0.15, -0.1) is 0 Å². The van der Waals surface area contributed by atoms with Gasteiger partial charge in [0.1, 0.15) is 6.04 Å². The zero-order chi connectivity index (χ0) is 11.8. The predicted molar refractivity (Wildman–Crippen MR) is 55.7 cm³/mol. The van der Waals surface area contributed by atoms with E-state index in [2.05, 4.69) is 5.32 Å². The minimum absolute atomic E-state index is 0.323. The van der Waals surface area contributed by atoms with Crippen LogP contribution in [-0.2, 0) is 4.79 Å². The molecule has 0 aliphatic rings. The topological polar surface area (TPSA) is 94.0 Å². The summed E-state index contributed by atoms with van der Waals surface area (Å²) in [7, 11) is 0. The van der Waals surface area contributed by atoms with Gasteiger partial charge in [0.15, 0.2) is 0 Å². The molecule has 1 aromatic carbocycles. The van der Waals surface area contributed by atoms with Crippen LogP contribution in [0.4, 0.5) is 4.79 Å². The van der Waals surface area contributed by atoms with Gasteiger partial charge in [0, 0.05) is 0 Å². The first-order chi connectivity index (χ1) is 7.77. The number of nitrogens with one attached hydrogen (secondary N) is 3. The summed E-state index contributed by atoms with van der Waals surface area (Å²) in [5.41, 5.74) is 4.70. The molecular weight excluding hydrogens is 208 g/mol. The molecule has 0 fully saturated rings. The minimum Gasteiger partial charge on any atom is -0.317 e. The van der Waals surface area contributed by atoms with Crippen LogP contribution < -0.4 is 16.2 Å². The molecule has 6 nitrogen and oxygen atoms in total. The zero-order valence-electron chi connectivity index (χ0n) is 8.31. The molecule has 82 valence electrons. The van der Waals surface area contributed by atoms with E-state index in [1.165, 1.54) is 0 Å². The Morgan fingerprint density at radius 3 is 2.62 bits per heavy atom. The molecule has 1 unspecified atom stereocenters. The highest BCUT2D eigenvalue weighted by Crippen LogP contribution is 2.10. The second-order valence-corrected chi connectivity index (χ2v) is 2.83. The van der Waals surface area contributed by atoms with Gasteiger partial charge < -0.3 is 5.32 Å². The van der Waals surface area contributed by atoms with E-state index in [0.29, 0.717) is 12.0 Å². The lowest BCUT2D eigenvalue weighted by Crippen LogP contribution is -2.44. The first-order valence-corrected chi connectivity index (χ1v) is 4.48.